The fourth-order valence-electron chi connectivity index (χ4n) is 4.58. The monoisotopic (exact) mass is 474 g/mol. The Bertz CT molecular complexity index is 796. The molecule has 0 aromatic carbocycles. The van der Waals surface area contributed by atoms with Gasteiger partial charge >= 0.3 is 5.97 Å². The molecule has 2 aliphatic rings. The maximum absolute atomic E-state index is 11.8. The van der Waals surface area contributed by atoms with Crippen molar-refractivity contribution < 1.29 is 9.53 Å². The van der Waals surface area contributed by atoms with Gasteiger partial charge in [0.15, 0.2) is 0 Å². The van der Waals surface area contributed by atoms with E-state index in [2.05, 4.69) is 44.4 Å². The highest BCUT2D eigenvalue weighted by Crippen LogP contribution is 2.39. The Morgan fingerprint density at radius 2 is 2.27 bits per heavy atom. The van der Waals surface area contributed by atoms with Crippen LogP contribution in [-0.2, 0) is 9.53 Å². The molecule has 2 heterocycles. The minimum atomic E-state index is -0.197. The summed E-state index contributed by atoms with van der Waals surface area (Å²) in [6.07, 6.45) is 8.79. The van der Waals surface area contributed by atoms with E-state index >= 15 is 0 Å². The zero-order valence-electron chi connectivity index (χ0n) is 17.8. The van der Waals surface area contributed by atoms with Crippen LogP contribution >= 0.6 is 15.9 Å². The van der Waals surface area contributed by atoms with E-state index in [1.54, 1.807) is 0 Å². The van der Waals surface area contributed by atoms with Crippen LogP contribution in [0.3, 0.4) is 0 Å². The smallest absolute Gasteiger partial charge is 0.305 e. The van der Waals surface area contributed by atoms with Gasteiger partial charge in [0, 0.05) is 47.8 Å². The molecule has 1 fully saturated rings. The van der Waals surface area contributed by atoms with Crippen LogP contribution in [0.15, 0.2) is 46.3 Å². The largest absolute Gasteiger partial charge is 0.469 e. The number of halogens is 1. The van der Waals surface area contributed by atoms with Gasteiger partial charge in [-0.25, -0.2) is 0 Å². The number of hydrogen-bond acceptors (Lipinski definition) is 6. The Morgan fingerprint density at radius 1 is 1.43 bits per heavy atom. The fraction of sp³-hybridized carbons (Fsp3) is 0.565. The summed E-state index contributed by atoms with van der Waals surface area (Å²) < 4.78 is 4.87. The first kappa shape index (κ1) is 22.7. The minimum Gasteiger partial charge on any atom is -0.469 e. The van der Waals surface area contributed by atoms with Gasteiger partial charge in [-0.3, -0.25) is 19.8 Å². The SMILES string of the molecule is C=N/C=C(/CC)N1C[C@H](CCC(=O)OC)N=C(c2ccccn2)C2CC(Br)CCC21. The number of fused-ring (bicyclic) bond motifs is 1. The van der Waals surface area contributed by atoms with Gasteiger partial charge in [-0.2, -0.15) is 0 Å². The first-order chi connectivity index (χ1) is 14.6. The molecule has 0 saturated heterocycles. The van der Waals surface area contributed by atoms with Gasteiger partial charge in [-0.1, -0.05) is 28.9 Å². The van der Waals surface area contributed by atoms with Crippen LogP contribution in [0.2, 0.25) is 0 Å². The summed E-state index contributed by atoms with van der Waals surface area (Å²) in [6.45, 7) is 6.58. The molecule has 1 aliphatic heterocycles. The number of carbonyl (C=O) groups is 1. The molecule has 0 radical (unpaired) electrons. The van der Waals surface area contributed by atoms with Crippen molar-refractivity contribution in [3.05, 3.63) is 42.0 Å². The Kier molecular flexibility index (Phi) is 8.19. The molecule has 162 valence electrons. The van der Waals surface area contributed by atoms with Crippen molar-refractivity contribution in [3.63, 3.8) is 0 Å². The van der Waals surface area contributed by atoms with E-state index in [0.29, 0.717) is 23.7 Å². The number of aromatic nitrogens is 1. The third-order valence-corrected chi connectivity index (χ3v) is 6.87. The maximum atomic E-state index is 11.8. The third kappa shape index (κ3) is 5.36. The van der Waals surface area contributed by atoms with E-state index in [9.17, 15) is 4.79 Å². The summed E-state index contributed by atoms with van der Waals surface area (Å²) in [5.41, 5.74) is 3.17. The van der Waals surface area contributed by atoms with Gasteiger partial charge in [0.2, 0.25) is 0 Å². The van der Waals surface area contributed by atoms with Crippen molar-refractivity contribution in [2.24, 2.45) is 15.9 Å². The fourth-order valence-corrected chi connectivity index (χ4v) is 5.25. The van der Waals surface area contributed by atoms with Gasteiger partial charge in [-0.15, -0.1) is 0 Å². The zero-order valence-corrected chi connectivity index (χ0v) is 19.4. The number of hydrogen-bond donors (Lipinski definition) is 0. The summed E-state index contributed by atoms with van der Waals surface area (Å²) in [5, 5.41) is 0. The van der Waals surface area contributed by atoms with E-state index in [1.807, 2.05) is 30.6 Å². The second-order valence-corrected chi connectivity index (χ2v) is 9.19. The average Bonchev–Trinajstić information content (AvgIpc) is 2.93. The molecule has 0 spiro atoms. The predicted molar refractivity (Wildman–Crippen MR) is 124 cm³/mol. The van der Waals surface area contributed by atoms with Crippen molar-refractivity contribution in [1.82, 2.24) is 9.88 Å². The summed E-state index contributed by atoms with van der Waals surface area (Å²) >= 11 is 3.86. The number of esters is 1. The normalized spacial score (nSPS) is 27.0. The number of rotatable bonds is 7. The number of aliphatic imine (C=N–C) groups is 2. The Labute approximate surface area is 187 Å². The highest BCUT2D eigenvalue weighted by atomic mass is 79.9. The second-order valence-electron chi connectivity index (χ2n) is 7.89. The number of carbonyl (C=O) groups excluding carboxylic acids is 1. The Hall–Kier alpha value is -2.02. The predicted octanol–water partition coefficient (Wildman–Crippen LogP) is 4.39. The minimum absolute atomic E-state index is 0.0137. The molecule has 0 bridgehead atoms. The van der Waals surface area contributed by atoms with Crippen molar-refractivity contribution >= 4 is 34.3 Å². The molecule has 1 aromatic heterocycles. The zero-order chi connectivity index (χ0) is 21.5. The lowest BCUT2D eigenvalue weighted by molar-refractivity contribution is -0.140. The standard InChI is InChI=1S/C23H31BrN4O2/c1-4-18(14-25-2)28-15-17(9-11-22(29)30-3)27-23(20-7-5-6-12-26-20)19-13-16(24)8-10-21(19)28/h5-7,12,14,16-17,19,21H,2,4,8-11,13,15H2,1,3H3/b18-14-/t16?,17-,19?,21?/m0/s1. The van der Waals surface area contributed by atoms with E-state index in [0.717, 1.165) is 43.6 Å². The summed E-state index contributed by atoms with van der Waals surface area (Å²) in [6, 6.07) is 6.30. The molecule has 0 N–H and O–H groups in total. The highest BCUT2D eigenvalue weighted by Gasteiger charge is 2.40. The topological polar surface area (TPSA) is 67.2 Å². The van der Waals surface area contributed by atoms with Crippen molar-refractivity contribution in [2.75, 3.05) is 13.7 Å². The molecular weight excluding hydrogens is 444 g/mol. The van der Waals surface area contributed by atoms with Gasteiger partial charge in [0.25, 0.3) is 0 Å². The number of allylic oxidation sites excluding steroid dienone is 1. The number of nitrogens with zero attached hydrogens (tertiary/aromatic N) is 4. The number of ether oxygens (including phenoxy) is 1. The molecule has 1 saturated carbocycles. The van der Waals surface area contributed by atoms with Gasteiger partial charge in [-0.05, 0) is 51.0 Å². The molecule has 7 heteroatoms. The first-order valence-electron chi connectivity index (χ1n) is 10.7. The van der Waals surface area contributed by atoms with Gasteiger partial charge in [0.05, 0.1) is 24.6 Å². The third-order valence-electron chi connectivity index (χ3n) is 6.04. The van der Waals surface area contributed by atoms with E-state index in [-0.39, 0.29) is 17.9 Å². The quantitative estimate of drug-likeness (QED) is 0.333. The van der Waals surface area contributed by atoms with Crippen molar-refractivity contribution in [3.8, 4) is 0 Å². The van der Waals surface area contributed by atoms with Crippen molar-refractivity contribution in [2.45, 2.75) is 62.4 Å². The van der Waals surface area contributed by atoms with E-state index < -0.39 is 0 Å². The summed E-state index contributed by atoms with van der Waals surface area (Å²) in [5.74, 6) is 0.0678. The first-order valence-corrected chi connectivity index (χ1v) is 11.6. The van der Waals surface area contributed by atoms with Crippen LogP contribution < -0.4 is 0 Å². The molecular formula is C23H31BrN4O2. The molecule has 1 aromatic rings. The molecule has 4 atom stereocenters. The number of alkyl halides is 1. The van der Waals surface area contributed by atoms with E-state index in [4.69, 9.17) is 9.73 Å². The molecule has 3 unspecified atom stereocenters. The second kappa shape index (κ2) is 10.8. The maximum Gasteiger partial charge on any atom is 0.305 e. The van der Waals surface area contributed by atoms with Gasteiger partial charge < -0.3 is 9.64 Å². The number of pyridine rings is 1. The molecule has 3 rings (SSSR count). The van der Waals surface area contributed by atoms with Crippen LogP contribution in [0.4, 0.5) is 0 Å². The average molecular weight is 475 g/mol. The van der Waals surface area contributed by atoms with Crippen LogP contribution in [0.1, 0.15) is 51.1 Å². The van der Waals surface area contributed by atoms with Crippen LogP contribution in [0.25, 0.3) is 0 Å². The Balaban J connectivity index is 2.03. The molecule has 30 heavy (non-hydrogen) atoms. The molecule has 1 aliphatic carbocycles. The van der Waals surface area contributed by atoms with Gasteiger partial charge in [0.1, 0.15) is 0 Å². The lowest BCUT2D eigenvalue weighted by Crippen LogP contribution is -2.46. The summed E-state index contributed by atoms with van der Waals surface area (Å²) in [4.78, 5) is 28.7. The molecule has 6 nitrogen and oxygen atoms in total. The van der Waals surface area contributed by atoms with Crippen LogP contribution in [0.5, 0.6) is 0 Å². The highest BCUT2D eigenvalue weighted by molar-refractivity contribution is 9.09. The molecule has 0 amide bonds. The lowest BCUT2D eigenvalue weighted by atomic mass is 9.79. The number of methoxy groups -OCH3 is 1. The van der Waals surface area contributed by atoms with E-state index in [1.165, 1.54) is 12.8 Å². The lowest BCUT2D eigenvalue weighted by Gasteiger charge is -2.42. The van der Waals surface area contributed by atoms with Crippen LogP contribution in [-0.4, -0.2) is 58.8 Å². The van der Waals surface area contributed by atoms with Crippen LogP contribution in [0, 0.1) is 5.92 Å². The Morgan fingerprint density at radius 3 is 2.93 bits per heavy atom. The summed E-state index contributed by atoms with van der Waals surface area (Å²) in [7, 11) is 1.43. The van der Waals surface area contributed by atoms with Crippen molar-refractivity contribution in [1.29, 1.82) is 0 Å².